The largest absolute Gasteiger partial charge is 0.282 e. The van der Waals surface area contributed by atoms with Crippen molar-refractivity contribution in [1.82, 2.24) is 10.4 Å². The standard InChI is InChI=1S/C13H13N3O/c17-13(10-11-6-2-1-3-7-11)16-15-12-8-4-5-9-14-12/h1-9H,10H2,(H,14,15)(H,16,17). The molecule has 4 nitrogen and oxygen atoms in total. The Hall–Kier alpha value is -2.36. The molecular weight excluding hydrogens is 214 g/mol. The van der Waals surface area contributed by atoms with Gasteiger partial charge in [0.05, 0.1) is 6.42 Å². The minimum atomic E-state index is -0.0955. The lowest BCUT2D eigenvalue weighted by atomic mass is 10.1. The van der Waals surface area contributed by atoms with E-state index in [9.17, 15) is 4.79 Å². The lowest BCUT2D eigenvalue weighted by molar-refractivity contribution is -0.119. The van der Waals surface area contributed by atoms with Crippen LogP contribution in [0.2, 0.25) is 0 Å². The van der Waals surface area contributed by atoms with Crippen molar-refractivity contribution < 1.29 is 4.79 Å². The fraction of sp³-hybridized carbons (Fsp3) is 0.0769. The van der Waals surface area contributed by atoms with Crippen LogP contribution in [0, 0.1) is 0 Å². The Kier molecular flexibility index (Phi) is 3.70. The molecule has 1 aromatic carbocycles. The van der Waals surface area contributed by atoms with Crippen molar-refractivity contribution in [3.8, 4) is 0 Å². The van der Waals surface area contributed by atoms with Crippen LogP contribution < -0.4 is 10.9 Å². The van der Waals surface area contributed by atoms with E-state index in [-0.39, 0.29) is 5.91 Å². The minimum absolute atomic E-state index is 0.0955. The minimum Gasteiger partial charge on any atom is -0.282 e. The molecule has 0 spiro atoms. The van der Waals surface area contributed by atoms with Crippen LogP contribution in [-0.2, 0) is 11.2 Å². The van der Waals surface area contributed by atoms with Gasteiger partial charge in [-0.05, 0) is 17.7 Å². The van der Waals surface area contributed by atoms with Crippen LogP contribution in [0.25, 0.3) is 0 Å². The van der Waals surface area contributed by atoms with Gasteiger partial charge in [-0.2, -0.15) is 0 Å². The fourth-order valence-electron chi connectivity index (χ4n) is 1.40. The Morgan fingerprint density at radius 1 is 1.06 bits per heavy atom. The predicted molar refractivity (Wildman–Crippen MR) is 66.1 cm³/mol. The van der Waals surface area contributed by atoms with E-state index in [1.807, 2.05) is 42.5 Å². The van der Waals surface area contributed by atoms with Crippen molar-refractivity contribution in [2.24, 2.45) is 0 Å². The lowest BCUT2D eigenvalue weighted by Gasteiger charge is -2.07. The Balaban J connectivity index is 1.83. The molecule has 2 aromatic rings. The second-order valence-electron chi connectivity index (χ2n) is 3.55. The zero-order valence-electron chi connectivity index (χ0n) is 9.26. The third-order valence-corrected chi connectivity index (χ3v) is 2.20. The molecule has 0 saturated carbocycles. The molecule has 1 amide bonds. The highest BCUT2D eigenvalue weighted by Crippen LogP contribution is 2.00. The average molecular weight is 227 g/mol. The third kappa shape index (κ3) is 3.61. The summed E-state index contributed by atoms with van der Waals surface area (Å²) in [6.07, 6.45) is 2.01. The van der Waals surface area contributed by atoms with Gasteiger partial charge in [0.15, 0.2) is 0 Å². The molecule has 0 bridgehead atoms. The van der Waals surface area contributed by atoms with Gasteiger partial charge in [0, 0.05) is 6.20 Å². The van der Waals surface area contributed by atoms with Crippen molar-refractivity contribution in [3.63, 3.8) is 0 Å². The summed E-state index contributed by atoms with van der Waals surface area (Å²) < 4.78 is 0. The number of nitrogens with zero attached hydrogens (tertiary/aromatic N) is 1. The van der Waals surface area contributed by atoms with Crippen molar-refractivity contribution in [1.29, 1.82) is 0 Å². The highest BCUT2D eigenvalue weighted by atomic mass is 16.2. The number of amides is 1. The van der Waals surface area contributed by atoms with Gasteiger partial charge >= 0.3 is 0 Å². The van der Waals surface area contributed by atoms with Gasteiger partial charge in [-0.25, -0.2) is 4.98 Å². The van der Waals surface area contributed by atoms with Gasteiger partial charge < -0.3 is 0 Å². The molecule has 0 unspecified atom stereocenters. The second-order valence-corrected chi connectivity index (χ2v) is 3.55. The number of aromatic nitrogens is 1. The van der Waals surface area contributed by atoms with E-state index in [0.717, 1.165) is 5.56 Å². The van der Waals surface area contributed by atoms with Gasteiger partial charge in [-0.3, -0.25) is 15.6 Å². The number of hydrogen-bond acceptors (Lipinski definition) is 3. The third-order valence-electron chi connectivity index (χ3n) is 2.20. The first kappa shape index (κ1) is 11.1. The van der Waals surface area contributed by atoms with Crippen LogP contribution >= 0.6 is 0 Å². The van der Waals surface area contributed by atoms with E-state index in [1.54, 1.807) is 12.3 Å². The summed E-state index contributed by atoms with van der Waals surface area (Å²) in [7, 11) is 0. The molecule has 2 N–H and O–H groups in total. The molecule has 0 aliphatic rings. The number of carbonyl (C=O) groups is 1. The van der Waals surface area contributed by atoms with Crippen molar-refractivity contribution in [2.75, 3.05) is 5.43 Å². The van der Waals surface area contributed by atoms with Gasteiger partial charge in [0.2, 0.25) is 5.91 Å². The number of nitrogens with one attached hydrogen (secondary N) is 2. The predicted octanol–water partition coefficient (Wildman–Crippen LogP) is 1.77. The molecule has 0 aliphatic carbocycles. The van der Waals surface area contributed by atoms with Crippen LogP contribution in [0.5, 0.6) is 0 Å². The first-order valence-electron chi connectivity index (χ1n) is 5.34. The van der Waals surface area contributed by atoms with Gasteiger partial charge in [-0.1, -0.05) is 36.4 Å². The van der Waals surface area contributed by atoms with Crippen molar-refractivity contribution in [2.45, 2.75) is 6.42 Å². The average Bonchev–Trinajstić information content (AvgIpc) is 2.39. The molecule has 17 heavy (non-hydrogen) atoms. The number of carbonyl (C=O) groups excluding carboxylic acids is 1. The summed E-state index contributed by atoms with van der Waals surface area (Å²) in [5.41, 5.74) is 6.33. The number of benzene rings is 1. The maximum atomic E-state index is 11.6. The highest BCUT2D eigenvalue weighted by molar-refractivity contribution is 5.79. The van der Waals surface area contributed by atoms with Crippen LogP contribution in [0.15, 0.2) is 54.7 Å². The Morgan fingerprint density at radius 3 is 2.53 bits per heavy atom. The first-order chi connectivity index (χ1) is 8.34. The zero-order valence-corrected chi connectivity index (χ0v) is 9.26. The highest BCUT2D eigenvalue weighted by Gasteiger charge is 2.01. The summed E-state index contributed by atoms with van der Waals surface area (Å²) in [5, 5.41) is 0. The fourth-order valence-corrected chi connectivity index (χ4v) is 1.40. The van der Waals surface area contributed by atoms with E-state index < -0.39 is 0 Å². The molecule has 0 atom stereocenters. The molecule has 0 radical (unpaired) electrons. The maximum Gasteiger partial charge on any atom is 0.242 e. The van der Waals surface area contributed by atoms with Gasteiger partial charge in [0.1, 0.15) is 5.82 Å². The van der Waals surface area contributed by atoms with E-state index >= 15 is 0 Å². The summed E-state index contributed by atoms with van der Waals surface area (Å²) in [5.74, 6) is 0.524. The van der Waals surface area contributed by atoms with E-state index in [4.69, 9.17) is 0 Å². The monoisotopic (exact) mass is 227 g/mol. The SMILES string of the molecule is O=C(Cc1ccccc1)NNc1ccccn1. The molecule has 0 aliphatic heterocycles. The van der Waals surface area contributed by atoms with Gasteiger partial charge in [0.25, 0.3) is 0 Å². The number of pyridine rings is 1. The summed E-state index contributed by atoms with van der Waals surface area (Å²) in [6.45, 7) is 0. The lowest BCUT2D eigenvalue weighted by Crippen LogP contribution is -2.31. The first-order valence-corrected chi connectivity index (χ1v) is 5.34. The van der Waals surface area contributed by atoms with Crippen molar-refractivity contribution >= 4 is 11.7 Å². The maximum absolute atomic E-state index is 11.6. The molecule has 0 fully saturated rings. The van der Waals surface area contributed by atoms with Crippen LogP contribution in [0.1, 0.15) is 5.56 Å². The van der Waals surface area contributed by atoms with Crippen LogP contribution in [-0.4, -0.2) is 10.9 Å². The van der Waals surface area contributed by atoms with Crippen molar-refractivity contribution in [3.05, 3.63) is 60.3 Å². The smallest absolute Gasteiger partial charge is 0.242 e. The number of anilines is 1. The Bertz CT molecular complexity index is 471. The zero-order chi connectivity index (χ0) is 11.9. The molecule has 1 heterocycles. The van der Waals surface area contributed by atoms with Gasteiger partial charge in [-0.15, -0.1) is 0 Å². The molecule has 0 saturated heterocycles. The molecular formula is C13H13N3O. The summed E-state index contributed by atoms with van der Waals surface area (Å²) in [6, 6.07) is 15.0. The topological polar surface area (TPSA) is 54.0 Å². The van der Waals surface area contributed by atoms with Crippen LogP contribution in [0.3, 0.4) is 0 Å². The summed E-state index contributed by atoms with van der Waals surface area (Å²) >= 11 is 0. The van der Waals surface area contributed by atoms with E-state index in [0.29, 0.717) is 12.2 Å². The normalized spacial score (nSPS) is 9.65. The molecule has 2 rings (SSSR count). The Morgan fingerprint density at radius 2 is 1.82 bits per heavy atom. The van der Waals surface area contributed by atoms with E-state index in [2.05, 4.69) is 15.8 Å². The Labute approximate surface area is 99.7 Å². The quantitative estimate of drug-likeness (QED) is 0.783. The number of hydrogen-bond donors (Lipinski definition) is 2. The molecule has 4 heteroatoms. The number of rotatable bonds is 4. The number of hydrazine groups is 1. The van der Waals surface area contributed by atoms with Crippen LogP contribution in [0.4, 0.5) is 5.82 Å². The molecule has 1 aromatic heterocycles. The molecule has 86 valence electrons. The summed E-state index contributed by atoms with van der Waals surface area (Å²) in [4.78, 5) is 15.6. The second kappa shape index (κ2) is 5.65. The van der Waals surface area contributed by atoms with E-state index in [1.165, 1.54) is 0 Å².